The predicted octanol–water partition coefficient (Wildman–Crippen LogP) is 2.70. The molecule has 0 radical (unpaired) electrons. The van der Waals surface area contributed by atoms with Crippen LogP contribution in [0.1, 0.15) is 6.42 Å². The van der Waals surface area contributed by atoms with Crippen molar-refractivity contribution in [2.24, 2.45) is 0 Å². The third kappa shape index (κ3) is 3.23. The zero-order valence-electron chi connectivity index (χ0n) is 9.34. The Kier molecular flexibility index (Phi) is 4.03. The largest absolute Gasteiger partial charge is 0.492 e. The molecule has 1 aromatic heterocycles. The third-order valence-electron chi connectivity index (χ3n) is 2.37. The summed E-state index contributed by atoms with van der Waals surface area (Å²) in [4.78, 5) is 3.98. The normalized spacial score (nSPS) is 10.4. The number of anilines is 1. The first-order chi connectivity index (χ1) is 8.27. The minimum atomic E-state index is 0.653. The molecule has 4 nitrogen and oxygen atoms in total. The fraction of sp³-hybridized carbons (Fsp3) is 0.250. The van der Waals surface area contributed by atoms with Gasteiger partial charge in [-0.05, 0) is 34.5 Å². The molecule has 0 atom stereocenters. The maximum absolute atomic E-state index is 5.76. The van der Waals surface area contributed by atoms with Crippen molar-refractivity contribution in [3.05, 3.63) is 41.4 Å². The number of rotatable bonds is 5. The van der Waals surface area contributed by atoms with E-state index in [2.05, 4.69) is 20.9 Å². The number of nitrogens with zero attached hydrogens (tertiary/aromatic N) is 2. The second-order valence-electron chi connectivity index (χ2n) is 3.66. The van der Waals surface area contributed by atoms with Crippen molar-refractivity contribution in [1.29, 1.82) is 0 Å². The van der Waals surface area contributed by atoms with Gasteiger partial charge in [0.05, 0.1) is 17.4 Å². The van der Waals surface area contributed by atoms with Gasteiger partial charge in [-0.1, -0.05) is 6.07 Å². The molecule has 0 saturated carbocycles. The van der Waals surface area contributed by atoms with Crippen LogP contribution in [-0.2, 0) is 6.54 Å². The van der Waals surface area contributed by atoms with Gasteiger partial charge in [0.15, 0.2) is 0 Å². The number of hydrogen-bond donors (Lipinski definition) is 1. The van der Waals surface area contributed by atoms with E-state index in [0.29, 0.717) is 12.3 Å². The van der Waals surface area contributed by atoms with Crippen LogP contribution in [0.3, 0.4) is 0 Å². The Balaban J connectivity index is 1.80. The Morgan fingerprint density at radius 1 is 1.41 bits per heavy atom. The van der Waals surface area contributed by atoms with Gasteiger partial charge in [-0.25, -0.2) is 4.98 Å². The molecule has 90 valence electrons. The van der Waals surface area contributed by atoms with Gasteiger partial charge in [-0.2, -0.15) is 0 Å². The van der Waals surface area contributed by atoms with Crippen LogP contribution in [0.15, 0.2) is 41.4 Å². The Hall–Kier alpha value is -1.49. The van der Waals surface area contributed by atoms with Gasteiger partial charge in [0.1, 0.15) is 5.75 Å². The third-order valence-corrected chi connectivity index (χ3v) is 3.22. The number of aryl methyl sites for hydroxylation is 1. The molecule has 0 aliphatic carbocycles. The maximum atomic E-state index is 5.76. The van der Waals surface area contributed by atoms with Crippen molar-refractivity contribution in [3.8, 4) is 5.75 Å². The summed E-state index contributed by atoms with van der Waals surface area (Å²) in [5.74, 6) is 0.788. The van der Waals surface area contributed by atoms with E-state index in [-0.39, 0.29) is 0 Å². The summed E-state index contributed by atoms with van der Waals surface area (Å²) in [5, 5.41) is 0. The van der Waals surface area contributed by atoms with E-state index in [4.69, 9.17) is 10.5 Å². The van der Waals surface area contributed by atoms with E-state index < -0.39 is 0 Å². The molecule has 2 N–H and O–H groups in total. The van der Waals surface area contributed by atoms with E-state index in [1.807, 2.05) is 29.0 Å². The molecule has 0 unspecified atom stereocenters. The molecule has 2 rings (SSSR count). The number of imidazole rings is 1. The fourth-order valence-electron chi connectivity index (χ4n) is 1.49. The lowest BCUT2D eigenvalue weighted by molar-refractivity contribution is 0.300. The number of nitrogens with two attached hydrogens (primary N) is 1. The second kappa shape index (κ2) is 5.72. The van der Waals surface area contributed by atoms with Crippen molar-refractivity contribution in [2.45, 2.75) is 13.0 Å². The fourth-order valence-corrected chi connectivity index (χ4v) is 1.87. The van der Waals surface area contributed by atoms with Gasteiger partial charge in [0, 0.05) is 24.6 Å². The SMILES string of the molecule is Nc1cccc(OCCCn2ccnc2)c1Br. The van der Waals surface area contributed by atoms with Gasteiger partial charge in [0.2, 0.25) is 0 Å². The number of hydrogen-bond acceptors (Lipinski definition) is 3. The first kappa shape index (κ1) is 12.0. The molecule has 0 bridgehead atoms. The molecular weight excluding hydrogens is 282 g/mol. The topological polar surface area (TPSA) is 53.1 Å². The van der Waals surface area contributed by atoms with Gasteiger partial charge in [-0.15, -0.1) is 0 Å². The Morgan fingerprint density at radius 3 is 3.06 bits per heavy atom. The molecule has 2 aromatic rings. The van der Waals surface area contributed by atoms with Crippen LogP contribution in [0.4, 0.5) is 5.69 Å². The monoisotopic (exact) mass is 295 g/mol. The Labute approximate surface area is 109 Å². The molecular formula is C12H14BrN3O. The van der Waals surface area contributed by atoms with Crippen molar-refractivity contribution >= 4 is 21.6 Å². The number of nitrogen functional groups attached to an aromatic ring is 1. The van der Waals surface area contributed by atoms with E-state index in [9.17, 15) is 0 Å². The number of halogens is 1. The summed E-state index contributed by atoms with van der Waals surface area (Å²) < 4.78 is 8.50. The highest BCUT2D eigenvalue weighted by atomic mass is 79.9. The van der Waals surface area contributed by atoms with Gasteiger partial charge in [0.25, 0.3) is 0 Å². The number of benzene rings is 1. The number of aromatic nitrogens is 2. The van der Waals surface area contributed by atoms with Crippen LogP contribution in [0.5, 0.6) is 5.75 Å². The average Bonchev–Trinajstić information content (AvgIpc) is 2.83. The smallest absolute Gasteiger partial charge is 0.135 e. The van der Waals surface area contributed by atoms with Crippen LogP contribution in [0, 0.1) is 0 Å². The van der Waals surface area contributed by atoms with Gasteiger partial charge >= 0.3 is 0 Å². The zero-order chi connectivity index (χ0) is 12.1. The first-order valence-corrected chi connectivity index (χ1v) is 6.19. The summed E-state index contributed by atoms with van der Waals surface area (Å²) in [6.45, 7) is 1.56. The lowest BCUT2D eigenvalue weighted by atomic mass is 10.3. The Bertz CT molecular complexity index is 471. The highest BCUT2D eigenvalue weighted by molar-refractivity contribution is 9.10. The van der Waals surface area contributed by atoms with Crippen LogP contribution < -0.4 is 10.5 Å². The lowest BCUT2D eigenvalue weighted by Gasteiger charge is -2.09. The first-order valence-electron chi connectivity index (χ1n) is 5.40. The molecule has 0 aliphatic heterocycles. The summed E-state index contributed by atoms with van der Waals surface area (Å²) in [6, 6.07) is 5.62. The van der Waals surface area contributed by atoms with Gasteiger partial charge in [-0.3, -0.25) is 0 Å². The molecule has 1 aromatic carbocycles. The van der Waals surface area contributed by atoms with Crippen LogP contribution in [-0.4, -0.2) is 16.2 Å². The van der Waals surface area contributed by atoms with Crippen molar-refractivity contribution in [1.82, 2.24) is 9.55 Å². The molecule has 0 fully saturated rings. The zero-order valence-corrected chi connectivity index (χ0v) is 10.9. The van der Waals surface area contributed by atoms with Gasteiger partial charge < -0.3 is 15.0 Å². The standard InChI is InChI=1S/C12H14BrN3O/c13-12-10(14)3-1-4-11(12)17-8-2-6-16-7-5-15-9-16/h1,3-5,7,9H,2,6,8,14H2. The van der Waals surface area contributed by atoms with Crippen LogP contribution in [0.2, 0.25) is 0 Å². The summed E-state index contributed by atoms with van der Waals surface area (Å²) >= 11 is 3.41. The number of ether oxygens (including phenoxy) is 1. The van der Waals surface area contributed by atoms with Crippen molar-refractivity contribution < 1.29 is 4.74 Å². The average molecular weight is 296 g/mol. The van der Waals surface area contributed by atoms with Crippen LogP contribution >= 0.6 is 15.9 Å². The minimum absolute atomic E-state index is 0.653. The Morgan fingerprint density at radius 2 is 2.29 bits per heavy atom. The highest BCUT2D eigenvalue weighted by Gasteiger charge is 2.03. The van der Waals surface area contributed by atoms with E-state index in [0.717, 1.165) is 23.2 Å². The summed E-state index contributed by atoms with van der Waals surface area (Å²) in [6.07, 6.45) is 6.44. The highest BCUT2D eigenvalue weighted by Crippen LogP contribution is 2.30. The van der Waals surface area contributed by atoms with E-state index in [1.165, 1.54) is 0 Å². The molecule has 0 spiro atoms. The summed E-state index contributed by atoms with van der Waals surface area (Å²) in [7, 11) is 0. The lowest BCUT2D eigenvalue weighted by Crippen LogP contribution is -2.03. The maximum Gasteiger partial charge on any atom is 0.135 e. The molecule has 0 amide bonds. The molecule has 17 heavy (non-hydrogen) atoms. The molecule has 0 saturated heterocycles. The summed E-state index contributed by atoms with van der Waals surface area (Å²) in [5.41, 5.74) is 6.45. The molecule has 5 heteroatoms. The van der Waals surface area contributed by atoms with E-state index in [1.54, 1.807) is 12.5 Å². The molecule has 1 heterocycles. The van der Waals surface area contributed by atoms with Crippen molar-refractivity contribution in [2.75, 3.05) is 12.3 Å². The van der Waals surface area contributed by atoms with E-state index >= 15 is 0 Å². The minimum Gasteiger partial charge on any atom is -0.492 e. The van der Waals surface area contributed by atoms with Crippen LogP contribution in [0.25, 0.3) is 0 Å². The quantitative estimate of drug-likeness (QED) is 0.682. The van der Waals surface area contributed by atoms with Crippen molar-refractivity contribution in [3.63, 3.8) is 0 Å². The molecule has 0 aliphatic rings. The predicted molar refractivity (Wildman–Crippen MR) is 70.9 cm³/mol. The second-order valence-corrected chi connectivity index (χ2v) is 4.45.